The molecule has 1 aromatic heterocycles. The van der Waals surface area contributed by atoms with Gasteiger partial charge in [-0.25, -0.2) is 0 Å². The summed E-state index contributed by atoms with van der Waals surface area (Å²) in [6, 6.07) is 15.7. The van der Waals surface area contributed by atoms with Crippen molar-refractivity contribution in [1.29, 1.82) is 0 Å². The highest BCUT2D eigenvalue weighted by molar-refractivity contribution is 5.67. The number of non-ortho nitro benzene ring substituents is 1. The second-order valence-corrected chi connectivity index (χ2v) is 4.94. The first-order chi connectivity index (χ1) is 10.7. The second kappa shape index (κ2) is 5.83. The Morgan fingerprint density at radius 3 is 2.32 bits per heavy atom. The van der Waals surface area contributed by atoms with Crippen molar-refractivity contribution in [2.24, 2.45) is 0 Å². The average Bonchev–Trinajstić information content (AvgIpc) is 3.04. The molecule has 2 aromatic carbocycles. The predicted molar refractivity (Wildman–Crippen MR) is 83.4 cm³/mol. The van der Waals surface area contributed by atoms with Crippen LogP contribution in [0.15, 0.2) is 67.0 Å². The van der Waals surface area contributed by atoms with Gasteiger partial charge in [0.2, 0.25) is 0 Å². The highest BCUT2D eigenvalue weighted by Gasteiger charge is 2.17. The number of benzene rings is 2. The maximum absolute atomic E-state index is 10.7. The Hall–Kier alpha value is -2.92. The zero-order valence-corrected chi connectivity index (χ0v) is 11.6. The monoisotopic (exact) mass is 294 g/mol. The Balaban J connectivity index is 1.95. The lowest BCUT2D eigenvalue weighted by atomic mass is 9.97. The number of nitro groups is 1. The number of aromatic amines is 1. The molecule has 0 saturated carbocycles. The van der Waals surface area contributed by atoms with E-state index in [9.17, 15) is 15.2 Å². The van der Waals surface area contributed by atoms with Crippen molar-refractivity contribution in [2.45, 2.75) is 6.10 Å². The van der Waals surface area contributed by atoms with Crippen LogP contribution in [0, 0.1) is 10.1 Å². The topological polar surface area (TPSA) is 79.2 Å². The van der Waals surface area contributed by atoms with Crippen molar-refractivity contribution in [1.82, 2.24) is 4.98 Å². The molecule has 5 nitrogen and oxygen atoms in total. The van der Waals surface area contributed by atoms with Crippen molar-refractivity contribution in [2.75, 3.05) is 0 Å². The third-order valence-electron chi connectivity index (χ3n) is 3.58. The van der Waals surface area contributed by atoms with Crippen LogP contribution in [-0.4, -0.2) is 15.0 Å². The van der Waals surface area contributed by atoms with E-state index in [1.165, 1.54) is 12.1 Å². The van der Waals surface area contributed by atoms with Gasteiger partial charge in [0.25, 0.3) is 5.69 Å². The van der Waals surface area contributed by atoms with Crippen molar-refractivity contribution < 1.29 is 10.0 Å². The van der Waals surface area contributed by atoms with Gasteiger partial charge in [-0.05, 0) is 23.3 Å². The number of H-pyrrole nitrogens is 1. The van der Waals surface area contributed by atoms with E-state index in [0.29, 0.717) is 5.56 Å². The molecule has 1 atom stereocenters. The molecule has 0 spiro atoms. The number of rotatable bonds is 4. The average molecular weight is 294 g/mol. The number of hydrogen-bond donors (Lipinski definition) is 2. The summed E-state index contributed by atoms with van der Waals surface area (Å²) >= 11 is 0. The normalized spacial score (nSPS) is 12.0. The van der Waals surface area contributed by atoms with Gasteiger partial charge in [-0.3, -0.25) is 10.1 Å². The minimum atomic E-state index is -0.845. The summed E-state index contributed by atoms with van der Waals surface area (Å²) in [7, 11) is 0. The molecule has 3 aromatic rings. The van der Waals surface area contributed by atoms with Crippen LogP contribution < -0.4 is 0 Å². The van der Waals surface area contributed by atoms with Crippen molar-refractivity contribution >= 4 is 5.69 Å². The van der Waals surface area contributed by atoms with Gasteiger partial charge < -0.3 is 10.1 Å². The molecule has 0 unspecified atom stereocenters. The Labute approximate surface area is 127 Å². The Bertz CT molecular complexity index is 779. The van der Waals surface area contributed by atoms with Gasteiger partial charge in [-0.1, -0.05) is 30.3 Å². The number of aromatic nitrogens is 1. The first-order valence-corrected chi connectivity index (χ1v) is 6.81. The van der Waals surface area contributed by atoms with E-state index in [1.54, 1.807) is 18.3 Å². The SMILES string of the molecule is O=[N+]([O-])c1ccc([C@@H](O)c2c[nH]cc2-c2ccccc2)cc1. The maximum Gasteiger partial charge on any atom is 0.269 e. The van der Waals surface area contributed by atoms with Crippen LogP contribution in [0.2, 0.25) is 0 Å². The molecule has 0 aliphatic heterocycles. The molecular weight excluding hydrogens is 280 g/mol. The van der Waals surface area contributed by atoms with Gasteiger partial charge >= 0.3 is 0 Å². The fraction of sp³-hybridized carbons (Fsp3) is 0.0588. The van der Waals surface area contributed by atoms with E-state index in [2.05, 4.69) is 4.98 Å². The molecule has 0 amide bonds. The molecule has 110 valence electrons. The molecule has 2 N–H and O–H groups in total. The minimum Gasteiger partial charge on any atom is -0.384 e. The molecule has 3 rings (SSSR count). The van der Waals surface area contributed by atoms with Crippen LogP contribution in [0.4, 0.5) is 5.69 Å². The third-order valence-corrected chi connectivity index (χ3v) is 3.58. The summed E-state index contributed by atoms with van der Waals surface area (Å²) in [6.45, 7) is 0. The number of nitrogens with one attached hydrogen (secondary N) is 1. The molecule has 0 saturated heterocycles. The van der Waals surface area contributed by atoms with E-state index >= 15 is 0 Å². The van der Waals surface area contributed by atoms with Crippen LogP contribution in [0.5, 0.6) is 0 Å². The quantitative estimate of drug-likeness (QED) is 0.569. The number of hydrogen-bond acceptors (Lipinski definition) is 3. The number of aliphatic hydroxyl groups excluding tert-OH is 1. The lowest BCUT2D eigenvalue weighted by Gasteiger charge is -2.12. The molecule has 0 bridgehead atoms. The Morgan fingerprint density at radius 1 is 1.00 bits per heavy atom. The molecule has 0 fully saturated rings. The summed E-state index contributed by atoms with van der Waals surface area (Å²) in [6.07, 6.45) is 2.73. The maximum atomic E-state index is 10.7. The summed E-state index contributed by atoms with van der Waals surface area (Å²) in [5.74, 6) is 0. The van der Waals surface area contributed by atoms with Crippen molar-refractivity contribution in [3.05, 3.63) is 88.2 Å². The molecule has 0 aliphatic rings. The van der Waals surface area contributed by atoms with E-state index in [4.69, 9.17) is 0 Å². The molecule has 1 heterocycles. The molecular formula is C17H14N2O3. The largest absolute Gasteiger partial charge is 0.384 e. The van der Waals surface area contributed by atoms with Crippen LogP contribution in [-0.2, 0) is 0 Å². The van der Waals surface area contributed by atoms with E-state index in [-0.39, 0.29) is 5.69 Å². The highest BCUT2D eigenvalue weighted by Crippen LogP contribution is 2.32. The van der Waals surface area contributed by atoms with Gasteiger partial charge in [0, 0.05) is 35.7 Å². The van der Waals surface area contributed by atoms with Crippen molar-refractivity contribution in [3.63, 3.8) is 0 Å². The lowest BCUT2D eigenvalue weighted by molar-refractivity contribution is -0.384. The molecule has 0 aliphatic carbocycles. The van der Waals surface area contributed by atoms with Gasteiger partial charge in [-0.15, -0.1) is 0 Å². The Morgan fingerprint density at radius 2 is 1.68 bits per heavy atom. The van der Waals surface area contributed by atoms with Gasteiger partial charge in [-0.2, -0.15) is 0 Å². The van der Waals surface area contributed by atoms with Crippen LogP contribution in [0.3, 0.4) is 0 Å². The zero-order chi connectivity index (χ0) is 15.5. The van der Waals surface area contributed by atoms with Gasteiger partial charge in [0.1, 0.15) is 6.10 Å². The van der Waals surface area contributed by atoms with E-state index in [1.807, 2.05) is 36.5 Å². The Kier molecular flexibility index (Phi) is 3.72. The summed E-state index contributed by atoms with van der Waals surface area (Å²) in [4.78, 5) is 13.2. The summed E-state index contributed by atoms with van der Waals surface area (Å²) in [5, 5.41) is 21.3. The van der Waals surface area contributed by atoms with Gasteiger partial charge in [0.05, 0.1) is 4.92 Å². The predicted octanol–water partition coefficient (Wildman–Crippen LogP) is 3.67. The summed E-state index contributed by atoms with van der Waals surface area (Å²) < 4.78 is 0. The first-order valence-electron chi connectivity index (χ1n) is 6.81. The molecule has 5 heteroatoms. The second-order valence-electron chi connectivity index (χ2n) is 4.94. The smallest absolute Gasteiger partial charge is 0.269 e. The number of nitrogens with zero attached hydrogens (tertiary/aromatic N) is 1. The van der Waals surface area contributed by atoms with Gasteiger partial charge in [0.15, 0.2) is 0 Å². The van der Waals surface area contributed by atoms with E-state index < -0.39 is 11.0 Å². The molecule has 0 radical (unpaired) electrons. The highest BCUT2D eigenvalue weighted by atomic mass is 16.6. The minimum absolute atomic E-state index is 0.00769. The third kappa shape index (κ3) is 2.62. The van der Waals surface area contributed by atoms with Crippen molar-refractivity contribution in [3.8, 4) is 11.1 Å². The fourth-order valence-electron chi connectivity index (χ4n) is 2.43. The number of nitro benzene ring substituents is 1. The lowest BCUT2D eigenvalue weighted by Crippen LogP contribution is -2.00. The molecule has 22 heavy (non-hydrogen) atoms. The zero-order valence-electron chi connectivity index (χ0n) is 11.6. The van der Waals surface area contributed by atoms with E-state index in [0.717, 1.165) is 16.7 Å². The summed E-state index contributed by atoms with van der Waals surface area (Å²) in [5.41, 5.74) is 3.27. The van der Waals surface area contributed by atoms with Crippen LogP contribution in [0.1, 0.15) is 17.2 Å². The first kappa shape index (κ1) is 14.0. The number of aliphatic hydroxyl groups is 1. The standard InChI is InChI=1S/C17H14N2O3/c20-17(13-6-8-14(9-7-13)19(21)22)16-11-18-10-15(16)12-4-2-1-3-5-12/h1-11,17-18,20H/t17-/m1/s1. The van der Waals surface area contributed by atoms with Crippen LogP contribution in [0.25, 0.3) is 11.1 Å². The fourth-order valence-corrected chi connectivity index (χ4v) is 2.43. The van der Waals surface area contributed by atoms with Crippen LogP contribution >= 0.6 is 0 Å².